The Kier molecular flexibility index (Phi) is 3.78. The summed E-state index contributed by atoms with van der Waals surface area (Å²) >= 11 is 5.82. The molecule has 0 saturated carbocycles. The Morgan fingerprint density at radius 3 is 2.94 bits per heavy atom. The molecule has 1 aliphatic rings. The van der Waals surface area contributed by atoms with Crippen LogP contribution in [0.4, 0.5) is 5.69 Å². The quantitative estimate of drug-likeness (QED) is 0.886. The van der Waals surface area contributed by atoms with E-state index in [1.54, 1.807) is 12.1 Å². The van der Waals surface area contributed by atoms with Crippen molar-refractivity contribution < 1.29 is 14.6 Å². The van der Waals surface area contributed by atoms with Gasteiger partial charge in [-0.1, -0.05) is 11.6 Å². The molecule has 2 rings (SSSR count). The lowest BCUT2D eigenvalue weighted by Gasteiger charge is -2.35. The van der Waals surface area contributed by atoms with Crippen molar-refractivity contribution in [3.05, 3.63) is 28.8 Å². The average Bonchev–Trinajstić information content (AvgIpc) is 2.32. The van der Waals surface area contributed by atoms with Crippen LogP contribution in [0.5, 0.6) is 0 Å². The first-order valence-corrected chi connectivity index (χ1v) is 6.27. The molecule has 0 bridgehead atoms. The number of aromatic carboxylic acids is 1. The Morgan fingerprint density at radius 2 is 2.33 bits per heavy atom. The van der Waals surface area contributed by atoms with E-state index in [2.05, 4.69) is 5.32 Å². The average molecular weight is 270 g/mol. The molecule has 1 unspecified atom stereocenters. The number of carboxylic acid groups (broad SMARTS) is 1. The van der Waals surface area contributed by atoms with Gasteiger partial charge < -0.3 is 15.2 Å². The van der Waals surface area contributed by atoms with E-state index in [0.29, 0.717) is 17.3 Å². The molecule has 2 N–H and O–H groups in total. The standard InChI is InChI=1S/C13H16ClNO3/c1-13(5-2-6-18-8-13)15-11-4-3-9(14)7-10(11)12(16)17/h3-4,7,15H,2,5-6,8H2,1H3,(H,16,17). The largest absolute Gasteiger partial charge is 0.478 e. The lowest BCUT2D eigenvalue weighted by molar-refractivity contribution is 0.0538. The molecule has 1 fully saturated rings. The van der Waals surface area contributed by atoms with E-state index < -0.39 is 5.97 Å². The van der Waals surface area contributed by atoms with Gasteiger partial charge in [-0.05, 0) is 38.0 Å². The van der Waals surface area contributed by atoms with Gasteiger partial charge in [-0.15, -0.1) is 0 Å². The van der Waals surface area contributed by atoms with Gasteiger partial charge in [-0.25, -0.2) is 4.79 Å². The molecule has 1 aromatic rings. The fraction of sp³-hybridized carbons (Fsp3) is 0.462. The molecule has 1 atom stereocenters. The van der Waals surface area contributed by atoms with Gasteiger partial charge in [0.05, 0.1) is 17.7 Å². The predicted molar refractivity (Wildman–Crippen MR) is 70.5 cm³/mol. The van der Waals surface area contributed by atoms with Crippen LogP contribution >= 0.6 is 11.6 Å². The highest BCUT2D eigenvalue weighted by Crippen LogP contribution is 2.28. The molecule has 5 heteroatoms. The van der Waals surface area contributed by atoms with Crippen molar-refractivity contribution in [2.75, 3.05) is 18.5 Å². The zero-order chi connectivity index (χ0) is 13.2. The van der Waals surface area contributed by atoms with Gasteiger partial charge in [0.15, 0.2) is 0 Å². The molecule has 1 saturated heterocycles. The van der Waals surface area contributed by atoms with Crippen molar-refractivity contribution in [3.8, 4) is 0 Å². The second-order valence-electron chi connectivity index (χ2n) is 4.84. The molecule has 4 nitrogen and oxygen atoms in total. The van der Waals surface area contributed by atoms with Crippen LogP contribution in [-0.4, -0.2) is 29.8 Å². The lowest BCUT2D eigenvalue weighted by Crippen LogP contribution is -2.43. The molecule has 0 spiro atoms. The van der Waals surface area contributed by atoms with Crippen LogP contribution in [0, 0.1) is 0 Å². The van der Waals surface area contributed by atoms with Crippen LogP contribution in [0.25, 0.3) is 0 Å². The monoisotopic (exact) mass is 269 g/mol. The Labute approximate surface area is 111 Å². The van der Waals surface area contributed by atoms with Gasteiger partial charge in [0.1, 0.15) is 0 Å². The molecule has 1 aromatic carbocycles. The molecule has 0 radical (unpaired) electrons. The number of benzene rings is 1. The van der Waals surface area contributed by atoms with Gasteiger partial charge in [-0.3, -0.25) is 0 Å². The second kappa shape index (κ2) is 5.16. The Morgan fingerprint density at radius 1 is 1.56 bits per heavy atom. The summed E-state index contributed by atoms with van der Waals surface area (Å²) in [6, 6.07) is 4.84. The maximum atomic E-state index is 11.2. The zero-order valence-electron chi connectivity index (χ0n) is 10.2. The van der Waals surface area contributed by atoms with Crippen molar-refractivity contribution in [1.29, 1.82) is 0 Å². The maximum absolute atomic E-state index is 11.2. The summed E-state index contributed by atoms with van der Waals surface area (Å²) in [5, 5.41) is 12.9. The highest BCUT2D eigenvalue weighted by molar-refractivity contribution is 6.31. The zero-order valence-corrected chi connectivity index (χ0v) is 11.0. The molecule has 1 heterocycles. The van der Waals surface area contributed by atoms with Crippen molar-refractivity contribution in [1.82, 2.24) is 0 Å². The molecule has 0 aromatic heterocycles. The van der Waals surface area contributed by atoms with Gasteiger partial charge in [0, 0.05) is 17.3 Å². The third kappa shape index (κ3) is 2.94. The molecule has 0 aliphatic carbocycles. The van der Waals surface area contributed by atoms with Crippen molar-refractivity contribution in [3.63, 3.8) is 0 Å². The molecule has 18 heavy (non-hydrogen) atoms. The van der Waals surface area contributed by atoms with E-state index in [0.717, 1.165) is 19.4 Å². The normalized spacial score (nSPS) is 23.7. The van der Waals surface area contributed by atoms with Crippen LogP contribution in [0.2, 0.25) is 5.02 Å². The smallest absolute Gasteiger partial charge is 0.337 e. The Bertz CT molecular complexity index is 456. The molecule has 0 amide bonds. The highest BCUT2D eigenvalue weighted by Gasteiger charge is 2.28. The van der Waals surface area contributed by atoms with E-state index >= 15 is 0 Å². The summed E-state index contributed by atoms with van der Waals surface area (Å²) in [6.07, 6.45) is 1.92. The van der Waals surface area contributed by atoms with E-state index in [1.165, 1.54) is 6.07 Å². The summed E-state index contributed by atoms with van der Waals surface area (Å²) in [7, 11) is 0. The van der Waals surface area contributed by atoms with Gasteiger partial charge >= 0.3 is 5.97 Å². The van der Waals surface area contributed by atoms with Crippen molar-refractivity contribution >= 4 is 23.3 Å². The number of ether oxygens (including phenoxy) is 1. The number of carboxylic acids is 1. The summed E-state index contributed by atoms with van der Waals surface area (Å²) in [4.78, 5) is 11.2. The molecule has 98 valence electrons. The van der Waals surface area contributed by atoms with E-state index in [-0.39, 0.29) is 11.1 Å². The van der Waals surface area contributed by atoms with Crippen LogP contribution in [0.3, 0.4) is 0 Å². The third-order valence-corrected chi connectivity index (χ3v) is 3.32. The van der Waals surface area contributed by atoms with Crippen molar-refractivity contribution in [2.24, 2.45) is 0 Å². The number of anilines is 1. The third-order valence-electron chi connectivity index (χ3n) is 3.09. The van der Waals surface area contributed by atoms with Crippen molar-refractivity contribution in [2.45, 2.75) is 25.3 Å². The van der Waals surface area contributed by atoms with Crippen LogP contribution < -0.4 is 5.32 Å². The Hall–Kier alpha value is -1.26. The first kappa shape index (κ1) is 13.2. The highest BCUT2D eigenvalue weighted by atomic mass is 35.5. The molecular formula is C13H16ClNO3. The van der Waals surface area contributed by atoms with Crippen LogP contribution in [-0.2, 0) is 4.74 Å². The summed E-state index contributed by atoms with van der Waals surface area (Å²) in [5.74, 6) is -0.986. The first-order valence-electron chi connectivity index (χ1n) is 5.89. The van der Waals surface area contributed by atoms with Crippen LogP contribution in [0.1, 0.15) is 30.1 Å². The number of hydrogen-bond donors (Lipinski definition) is 2. The van der Waals surface area contributed by atoms with Gasteiger partial charge in [0.25, 0.3) is 0 Å². The van der Waals surface area contributed by atoms with E-state index in [4.69, 9.17) is 16.3 Å². The topological polar surface area (TPSA) is 58.6 Å². The number of carbonyl (C=O) groups is 1. The minimum atomic E-state index is -0.986. The summed E-state index contributed by atoms with van der Waals surface area (Å²) in [6.45, 7) is 3.38. The van der Waals surface area contributed by atoms with Crippen LogP contribution in [0.15, 0.2) is 18.2 Å². The van der Waals surface area contributed by atoms with Gasteiger partial charge in [0.2, 0.25) is 0 Å². The maximum Gasteiger partial charge on any atom is 0.337 e. The number of halogens is 1. The van der Waals surface area contributed by atoms with E-state index in [1.807, 2.05) is 6.92 Å². The SMILES string of the molecule is CC1(Nc2ccc(Cl)cc2C(=O)O)CCCOC1. The predicted octanol–water partition coefficient (Wildman–Crippen LogP) is 3.02. The number of hydrogen-bond acceptors (Lipinski definition) is 3. The van der Waals surface area contributed by atoms with E-state index in [9.17, 15) is 9.90 Å². The second-order valence-corrected chi connectivity index (χ2v) is 5.27. The summed E-state index contributed by atoms with van der Waals surface area (Å²) < 4.78 is 5.45. The van der Waals surface area contributed by atoms with Gasteiger partial charge in [-0.2, -0.15) is 0 Å². The minimum Gasteiger partial charge on any atom is -0.478 e. The fourth-order valence-corrected chi connectivity index (χ4v) is 2.33. The fourth-order valence-electron chi connectivity index (χ4n) is 2.16. The number of nitrogens with one attached hydrogen (secondary N) is 1. The molecule has 1 aliphatic heterocycles. The molecular weight excluding hydrogens is 254 g/mol. The number of rotatable bonds is 3. The Balaban J connectivity index is 2.25. The first-order chi connectivity index (χ1) is 8.50. The lowest BCUT2D eigenvalue weighted by atomic mass is 9.94. The minimum absolute atomic E-state index is 0.189. The summed E-state index contributed by atoms with van der Waals surface area (Å²) in [5.41, 5.74) is 0.546.